The highest BCUT2D eigenvalue weighted by Crippen LogP contribution is 2.27. The molecule has 0 unspecified atom stereocenters. The highest BCUT2D eigenvalue weighted by atomic mass is 16.3. The molecular formula is C12H22N4O. The maximum atomic E-state index is 8.79. The van der Waals surface area contributed by atoms with E-state index in [1.165, 1.54) is 25.7 Å². The predicted octanol–water partition coefficient (Wildman–Crippen LogP) is 0.939. The monoisotopic (exact) mass is 238 g/mol. The minimum atomic E-state index is 0.106. The summed E-state index contributed by atoms with van der Waals surface area (Å²) in [4.78, 5) is 0. The van der Waals surface area contributed by atoms with E-state index in [1.54, 1.807) is 4.68 Å². The van der Waals surface area contributed by atoms with E-state index < -0.39 is 0 Å². The Hall–Kier alpha value is -0.940. The molecule has 0 saturated heterocycles. The number of hydrogen-bond donors (Lipinski definition) is 2. The summed E-state index contributed by atoms with van der Waals surface area (Å²) in [5.41, 5.74) is 0.947. The van der Waals surface area contributed by atoms with Crippen LogP contribution in [0.15, 0.2) is 6.20 Å². The van der Waals surface area contributed by atoms with Crippen molar-refractivity contribution in [3.05, 3.63) is 11.9 Å². The molecule has 0 radical (unpaired) electrons. The molecule has 2 N–H and O–H groups in total. The molecule has 1 fully saturated rings. The fourth-order valence-electron chi connectivity index (χ4n) is 2.52. The first-order valence-electron chi connectivity index (χ1n) is 6.53. The van der Waals surface area contributed by atoms with Gasteiger partial charge in [0.15, 0.2) is 0 Å². The normalized spacial score (nSPS) is 18.7. The Labute approximate surface area is 102 Å². The molecular weight excluding hydrogens is 216 g/mol. The Morgan fingerprint density at radius 3 is 3.00 bits per heavy atom. The number of nitrogens with zero attached hydrogens (tertiary/aromatic N) is 3. The fraction of sp³-hybridized carbons (Fsp3) is 0.833. The van der Waals surface area contributed by atoms with Gasteiger partial charge in [-0.05, 0) is 25.7 Å². The van der Waals surface area contributed by atoms with Crippen LogP contribution in [0.4, 0.5) is 0 Å². The number of aliphatic hydroxyl groups is 1. The molecule has 2 rings (SSSR count). The van der Waals surface area contributed by atoms with Gasteiger partial charge in [0.05, 0.1) is 18.8 Å². The number of hydrogen-bond acceptors (Lipinski definition) is 4. The van der Waals surface area contributed by atoms with Crippen molar-refractivity contribution in [3.8, 4) is 0 Å². The zero-order valence-corrected chi connectivity index (χ0v) is 10.5. The maximum Gasteiger partial charge on any atom is 0.0964 e. The third-order valence-corrected chi connectivity index (χ3v) is 3.63. The highest BCUT2D eigenvalue weighted by molar-refractivity contribution is 4.92. The van der Waals surface area contributed by atoms with Gasteiger partial charge in [-0.15, -0.1) is 5.10 Å². The lowest BCUT2D eigenvalue weighted by Crippen LogP contribution is -2.31. The van der Waals surface area contributed by atoms with Crippen LogP contribution >= 0.6 is 0 Å². The molecule has 0 amide bonds. The topological polar surface area (TPSA) is 63.0 Å². The third-order valence-electron chi connectivity index (χ3n) is 3.63. The van der Waals surface area contributed by atoms with E-state index in [-0.39, 0.29) is 6.61 Å². The first kappa shape index (κ1) is 12.5. The van der Waals surface area contributed by atoms with Gasteiger partial charge in [0.2, 0.25) is 0 Å². The molecule has 0 aliphatic heterocycles. The zero-order valence-electron chi connectivity index (χ0n) is 10.5. The lowest BCUT2D eigenvalue weighted by atomic mass is 10.00. The molecule has 0 bridgehead atoms. The Balaban J connectivity index is 1.76. The smallest absolute Gasteiger partial charge is 0.0964 e. The number of rotatable bonds is 6. The van der Waals surface area contributed by atoms with Crippen LogP contribution in [-0.4, -0.2) is 32.7 Å². The summed E-state index contributed by atoms with van der Waals surface area (Å²) in [6, 6.07) is 0.556. The molecule has 0 aromatic carbocycles. The van der Waals surface area contributed by atoms with Crippen LogP contribution in [0, 0.1) is 5.92 Å². The molecule has 1 atom stereocenters. The van der Waals surface area contributed by atoms with Gasteiger partial charge in [-0.3, -0.25) is 0 Å². The number of aliphatic hydroxyl groups excluding tert-OH is 1. The predicted molar refractivity (Wildman–Crippen MR) is 65.4 cm³/mol. The van der Waals surface area contributed by atoms with Crippen LogP contribution in [0.1, 0.15) is 38.3 Å². The van der Waals surface area contributed by atoms with Gasteiger partial charge in [-0.2, -0.15) is 0 Å². The van der Waals surface area contributed by atoms with Crippen LogP contribution in [0.3, 0.4) is 0 Å². The lowest BCUT2D eigenvalue weighted by molar-refractivity contribution is 0.268. The third kappa shape index (κ3) is 3.51. The highest BCUT2D eigenvalue weighted by Gasteiger charge is 2.21. The van der Waals surface area contributed by atoms with Crippen LogP contribution in [0.2, 0.25) is 0 Å². The summed E-state index contributed by atoms with van der Waals surface area (Å²) < 4.78 is 1.68. The second-order valence-electron chi connectivity index (χ2n) is 4.91. The van der Waals surface area contributed by atoms with Crippen LogP contribution in [0.5, 0.6) is 0 Å². The Bertz CT molecular complexity index is 333. The summed E-state index contributed by atoms with van der Waals surface area (Å²) in [6.07, 6.45) is 7.36. The molecule has 5 heteroatoms. The van der Waals surface area contributed by atoms with Gasteiger partial charge in [0.25, 0.3) is 0 Å². The molecule has 1 heterocycles. The Morgan fingerprint density at radius 2 is 2.29 bits per heavy atom. The van der Waals surface area contributed by atoms with Crippen LogP contribution < -0.4 is 5.32 Å². The lowest BCUT2D eigenvalue weighted by Gasteiger charge is -2.19. The summed E-state index contributed by atoms with van der Waals surface area (Å²) in [5.74, 6) is 0.822. The Morgan fingerprint density at radius 1 is 1.53 bits per heavy atom. The van der Waals surface area contributed by atoms with E-state index in [9.17, 15) is 0 Å². The van der Waals surface area contributed by atoms with Gasteiger partial charge < -0.3 is 10.4 Å². The Kier molecular flexibility index (Phi) is 4.50. The zero-order chi connectivity index (χ0) is 12.1. The van der Waals surface area contributed by atoms with Gasteiger partial charge in [0.1, 0.15) is 0 Å². The molecule has 0 spiro atoms. The van der Waals surface area contributed by atoms with E-state index in [4.69, 9.17) is 5.11 Å². The summed E-state index contributed by atoms with van der Waals surface area (Å²) >= 11 is 0. The molecule has 1 aromatic heterocycles. The molecule has 1 aliphatic rings. The fourth-order valence-corrected chi connectivity index (χ4v) is 2.52. The van der Waals surface area contributed by atoms with E-state index in [1.807, 2.05) is 6.20 Å². The van der Waals surface area contributed by atoms with Crippen molar-refractivity contribution in [2.75, 3.05) is 6.61 Å². The van der Waals surface area contributed by atoms with Crippen molar-refractivity contribution < 1.29 is 5.11 Å². The second-order valence-corrected chi connectivity index (χ2v) is 4.91. The molecule has 1 saturated carbocycles. The van der Waals surface area contributed by atoms with Gasteiger partial charge >= 0.3 is 0 Å². The summed E-state index contributed by atoms with van der Waals surface area (Å²) in [7, 11) is 0. The van der Waals surface area contributed by atoms with Crippen molar-refractivity contribution >= 4 is 0 Å². The average molecular weight is 238 g/mol. The van der Waals surface area contributed by atoms with Gasteiger partial charge in [0, 0.05) is 18.8 Å². The van der Waals surface area contributed by atoms with E-state index in [0.717, 1.165) is 18.2 Å². The molecule has 96 valence electrons. The number of aromatic nitrogens is 3. The SMILES string of the molecule is C[C@@H](NCc1cn(CCO)nn1)C1CCCC1. The van der Waals surface area contributed by atoms with Gasteiger partial charge in [-0.1, -0.05) is 18.1 Å². The molecule has 1 aliphatic carbocycles. The van der Waals surface area contributed by atoms with Crippen molar-refractivity contribution in [1.82, 2.24) is 20.3 Å². The van der Waals surface area contributed by atoms with Crippen molar-refractivity contribution in [3.63, 3.8) is 0 Å². The second kappa shape index (κ2) is 6.12. The van der Waals surface area contributed by atoms with Gasteiger partial charge in [-0.25, -0.2) is 4.68 Å². The number of nitrogens with one attached hydrogen (secondary N) is 1. The van der Waals surface area contributed by atoms with Crippen molar-refractivity contribution in [2.45, 2.75) is 51.7 Å². The van der Waals surface area contributed by atoms with Crippen LogP contribution in [0.25, 0.3) is 0 Å². The van der Waals surface area contributed by atoms with E-state index >= 15 is 0 Å². The summed E-state index contributed by atoms with van der Waals surface area (Å²) in [6.45, 7) is 3.65. The quantitative estimate of drug-likeness (QED) is 0.774. The standard InChI is InChI=1S/C12H22N4O/c1-10(11-4-2-3-5-11)13-8-12-9-16(6-7-17)15-14-12/h9-11,13,17H,2-8H2,1H3/t10-/m1/s1. The van der Waals surface area contributed by atoms with Crippen molar-refractivity contribution in [2.24, 2.45) is 5.92 Å². The molecule has 5 nitrogen and oxygen atoms in total. The first-order chi connectivity index (χ1) is 8.29. The average Bonchev–Trinajstić information content (AvgIpc) is 2.97. The first-order valence-corrected chi connectivity index (χ1v) is 6.53. The van der Waals surface area contributed by atoms with Crippen molar-refractivity contribution in [1.29, 1.82) is 0 Å². The van der Waals surface area contributed by atoms with E-state index in [2.05, 4.69) is 22.6 Å². The minimum absolute atomic E-state index is 0.106. The maximum absolute atomic E-state index is 8.79. The molecule has 17 heavy (non-hydrogen) atoms. The molecule has 1 aromatic rings. The van der Waals surface area contributed by atoms with Crippen LogP contribution in [-0.2, 0) is 13.1 Å². The summed E-state index contributed by atoms with van der Waals surface area (Å²) in [5, 5.41) is 20.3. The van der Waals surface area contributed by atoms with E-state index in [0.29, 0.717) is 12.6 Å². The minimum Gasteiger partial charge on any atom is -0.394 e. The largest absolute Gasteiger partial charge is 0.394 e.